The Kier molecular flexibility index (Phi) is 3.38. The molecule has 2 rings (SSSR count). The highest BCUT2D eigenvalue weighted by Gasteiger charge is 2.17. The van der Waals surface area contributed by atoms with Gasteiger partial charge in [0.25, 0.3) is 0 Å². The summed E-state index contributed by atoms with van der Waals surface area (Å²) in [6.07, 6.45) is 1.85. The first-order chi connectivity index (χ1) is 7.63. The summed E-state index contributed by atoms with van der Waals surface area (Å²) in [6, 6.07) is 2.09. The van der Waals surface area contributed by atoms with Gasteiger partial charge in [-0.3, -0.25) is 4.21 Å². The van der Waals surface area contributed by atoms with Gasteiger partial charge in [-0.1, -0.05) is 0 Å². The van der Waals surface area contributed by atoms with Crippen LogP contribution in [0.25, 0.3) is 0 Å². The molecule has 5 nitrogen and oxygen atoms in total. The first kappa shape index (κ1) is 11.3. The Hall–Kier alpha value is -1.17. The smallest absolute Gasteiger partial charge is 0.132 e. The molecule has 0 bridgehead atoms. The SMILES string of the molecule is Cc1nc(N)cc(NC2CCS(=O)CC2)n1. The third-order valence-corrected chi connectivity index (χ3v) is 3.98. The second-order valence-corrected chi connectivity index (χ2v) is 5.69. The molecule has 0 aromatic carbocycles. The van der Waals surface area contributed by atoms with Gasteiger partial charge in [-0.15, -0.1) is 0 Å². The molecule has 1 fully saturated rings. The molecule has 3 N–H and O–H groups in total. The molecular formula is C10H16N4OS. The van der Waals surface area contributed by atoms with E-state index in [9.17, 15) is 4.21 Å². The van der Waals surface area contributed by atoms with E-state index >= 15 is 0 Å². The number of nitrogen functional groups attached to an aromatic ring is 1. The third-order valence-electron chi connectivity index (χ3n) is 2.60. The highest BCUT2D eigenvalue weighted by atomic mass is 32.2. The minimum absolute atomic E-state index is 0.353. The normalized spacial score (nSPS) is 25.3. The zero-order valence-electron chi connectivity index (χ0n) is 9.27. The van der Waals surface area contributed by atoms with E-state index in [1.165, 1.54) is 0 Å². The highest BCUT2D eigenvalue weighted by Crippen LogP contribution is 2.16. The van der Waals surface area contributed by atoms with Gasteiger partial charge < -0.3 is 11.1 Å². The minimum Gasteiger partial charge on any atom is -0.384 e. The lowest BCUT2D eigenvalue weighted by Crippen LogP contribution is -2.29. The first-order valence-electron chi connectivity index (χ1n) is 5.36. The second-order valence-electron chi connectivity index (χ2n) is 3.99. The van der Waals surface area contributed by atoms with Gasteiger partial charge in [0.05, 0.1) is 0 Å². The zero-order valence-corrected chi connectivity index (χ0v) is 10.1. The molecule has 1 aliphatic heterocycles. The Balaban J connectivity index is 2.00. The van der Waals surface area contributed by atoms with Crippen LogP contribution in [0.5, 0.6) is 0 Å². The first-order valence-corrected chi connectivity index (χ1v) is 6.85. The molecular weight excluding hydrogens is 224 g/mol. The van der Waals surface area contributed by atoms with E-state index in [2.05, 4.69) is 15.3 Å². The fourth-order valence-electron chi connectivity index (χ4n) is 1.81. The topological polar surface area (TPSA) is 80.9 Å². The Morgan fingerprint density at radius 2 is 2.12 bits per heavy atom. The highest BCUT2D eigenvalue weighted by molar-refractivity contribution is 7.85. The van der Waals surface area contributed by atoms with E-state index in [1.54, 1.807) is 6.07 Å². The fraction of sp³-hybridized carbons (Fsp3) is 0.600. The summed E-state index contributed by atoms with van der Waals surface area (Å²) in [5, 5.41) is 3.32. The maximum Gasteiger partial charge on any atom is 0.132 e. The Morgan fingerprint density at radius 3 is 2.75 bits per heavy atom. The molecule has 0 radical (unpaired) electrons. The number of nitrogens with one attached hydrogen (secondary N) is 1. The van der Waals surface area contributed by atoms with Crippen molar-refractivity contribution in [1.29, 1.82) is 0 Å². The van der Waals surface area contributed by atoms with Gasteiger partial charge in [0.2, 0.25) is 0 Å². The van der Waals surface area contributed by atoms with E-state index < -0.39 is 10.8 Å². The van der Waals surface area contributed by atoms with Crippen molar-refractivity contribution in [2.45, 2.75) is 25.8 Å². The van der Waals surface area contributed by atoms with Crippen molar-refractivity contribution in [2.75, 3.05) is 22.6 Å². The summed E-state index contributed by atoms with van der Waals surface area (Å²) >= 11 is 0. The van der Waals surface area contributed by atoms with Crippen LogP contribution >= 0.6 is 0 Å². The molecule has 1 aliphatic rings. The van der Waals surface area contributed by atoms with E-state index in [1.807, 2.05) is 6.92 Å². The lowest BCUT2D eigenvalue weighted by atomic mass is 10.1. The maximum atomic E-state index is 11.2. The van der Waals surface area contributed by atoms with Gasteiger partial charge >= 0.3 is 0 Å². The monoisotopic (exact) mass is 240 g/mol. The molecule has 0 spiro atoms. The van der Waals surface area contributed by atoms with Crippen LogP contribution in [0.1, 0.15) is 18.7 Å². The van der Waals surface area contributed by atoms with Gasteiger partial charge in [0, 0.05) is 34.4 Å². The van der Waals surface area contributed by atoms with Crippen molar-refractivity contribution >= 4 is 22.4 Å². The second kappa shape index (κ2) is 4.78. The third kappa shape index (κ3) is 2.91. The predicted octanol–water partition coefficient (Wildman–Crippen LogP) is 0.690. The molecule has 0 atom stereocenters. The molecule has 1 saturated heterocycles. The van der Waals surface area contributed by atoms with Gasteiger partial charge in [-0.25, -0.2) is 9.97 Å². The summed E-state index contributed by atoms with van der Waals surface area (Å²) in [5.41, 5.74) is 5.65. The van der Waals surface area contributed by atoms with Crippen molar-refractivity contribution in [3.8, 4) is 0 Å². The minimum atomic E-state index is -0.625. The van der Waals surface area contributed by atoms with Crippen LogP contribution in [-0.2, 0) is 10.8 Å². The number of rotatable bonds is 2. The lowest BCUT2D eigenvalue weighted by Gasteiger charge is -2.23. The van der Waals surface area contributed by atoms with Crippen LogP contribution in [-0.4, -0.2) is 31.7 Å². The number of anilines is 2. The molecule has 6 heteroatoms. The number of nitrogens with two attached hydrogens (primary N) is 1. The number of nitrogens with zero attached hydrogens (tertiary/aromatic N) is 2. The van der Waals surface area contributed by atoms with Gasteiger partial charge in [-0.05, 0) is 19.8 Å². The van der Waals surface area contributed by atoms with Crippen molar-refractivity contribution in [1.82, 2.24) is 9.97 Å². The lowest BCUT2D eigenvalue weighted by molar-refractivity contribution is 0.622. The van der Waals surface area contributed by atoms with Crippen molar-refractivity contribution in [3.05, 3.63) is 11.9 Å². The van der Waals surface area contributed by atoms with Crippen molar-refractivity contribution in [3.63, 3.8) is 0 Å². The quantitative estimate of drug-likeness (QED) is 0.795. The summed E-state index contributed by atoms with van der Waals surface area (Å²) in [7, 11) is -0.625. The van der Waals surface area contributed by atoms with Crippen LogP contribution in [0.4, 0.5) is 11.6 Å². The Morgan fingerprint density at radius 1 is 1.44 bits per heavy atom. The number of hydrogen-bond donors (Lipinski definition) is 2. The van der Waals surface area contributed by atoms with Gasteiger partial charge in [0.1, 0.15) is 17.5 Å². The van der Waals surface area contributed by atoms with E-state index in [-0.39, 0.29) is 0 Å². The average Bonchev–Trinajstić information content (AvgIpc) is 2.20. The van der Waals surface area contributed by atoms with E-state index in [0.29, 0.717) is 17.7 Å². The van der Waals surface area contributed by atoms with Crippen LogP contribution in [0.15, 0.2) is 6.07 Å². The maximum absolute atomic E-state index is 11.2. The molecule has 0 aliphatic carbocycles. The molecule has 1 aromatic heterocycles. The van der Waals surface area contributed by atoms with E-state index in [4.69, 9.17) is 5.73 Å². The molecule has 0 unspecified atom stereocenters. The zero-order chi connectivity index (χ0) is 11.5. The van der Waals surface area contributed by atoms with Crippen LogP contribution in [0, 0.1) is 6.92 Å². The molecule has 1 aromatic rings. The van der Waals surface area contributed by atoms with Crippen LogP contribution in [0.2, 0.25) is 0 Å². The Labute approximate surface area is 97.3 Å². The van der Waals surface area contributed by atoms with Crippen LogP contribution in [0.3, 0.4) is 0 Å². The summed E-state index contributed by atoms with van der Waals surface area (Å²) in [6.45, 7) is 1.82. The van der Waals surface area contributed by atoms with Crippen molar-refractivity contribution in [2.24, 2.45) is 0 Å². The van der Waals surface area contributed by atoms with Gasteiger partial charge in [0.15, 0.2) is 0 Å². The molecule has 2 heterocycles. The number of aryl methyl sites for hydroxylation is 1. The molecule has 0 saturated carbocycles. The Bertz CT molecular complexity index is 380. The number of aromatic nitrogens is 2. The predicted molar refractivity (Wildman–Crippen MR) is 65.7 cm³/mol. The van der Waals surface area contributed by atoms with Crippen LogP contribution < -0.4 is 11.1 Å². The molecule has 88 valence electrons. The van der Waals surface area contributed by atoms with Gasteiger partial charge in [-0.2, -0.15) is 0 Å². The molecule has 0 amide bonds. The number of hydrogen-bond acceptors (Lipinski definition) is 5. The van der Waals surface area contributed by atoms with E-state index in [0.717, 1.165) is 30.2 Å². The standard InChI is InChI=1S/C10H16N4OS/c1-7-12-9(11)6-10(13-7)14-8-2-4-16(15)5-3-8/h6,8H,2-5H2,1H3,(H3,11,12,13,14). The summed E-state index contributed by atoms with van der Waals surface area (Å²) in [5.74, 6) is 3.47. The average molecular weight is 240 g/mol. The largest absolute Gasteiger partial charge is 0.384 e. The summed E-state index contributed by atoms with van der Waals surface area (Å²) in [4.78, 5) is 8.29. The molecule has 16 heavy (non-hydrogen) atoms. The summed E-state index contributed by atoms with van der Waals surface area (Å²) < 4.78 is 11.2. The van der Waals surface area contributed by atoms with Crippen molar-refractivity contribution < 1.29 is 4.21 Å². The fourth-order valence-corrected chi connectivity index (χ4v) is 3.11.